The molecular formula is C25H33NO4. The molecule has 1 aliphatic heterocycles. The molecule has 2 unspecified atom stereocenters. The summed E-state index contributed by atoms with van der Waals surface area (Å²) in [5.74, 6) is 0.434. The minimum Gasteiger partial charge on any atom is -0.483 e. The maximum Gasteiger partial charge on any atom is 0.303 e. The van der Waals surface area contributed by atoms with E-state index in [1.807, 2.05) is 32.0 Å². The van der Waals surface area contributed by atoms with Gasteiger partial charge in [0.05, 0.1) is 0 Å². The molecule has 5 heteroatoms. The van der Waals surface area contributed by atoms with Crippen LogP contribution in [0.5, 0.6) is 5.75 Å². The van der Waals surface area contributed by atoms with Gasteiger partial charge in [0.15, 0.2) is 6.10 Å². The number of hydrogen-bond acceptors (Lipinski definition) is 5. The van der Waals surface area contributed by atoms with Crippen molar-refractivity contribution in [3.05, 3.63) is 59.2 Å². The molecule has 0 saturated carbocycles. The van der Waals surface area contributed by atoms with Crippen molar-refractivity contribution in [2.75, 3.05) is 11.9 Å². The van der Waals surface area contributed by atoms with E-state index in [9.17, 15) is 4.79 Å². The predicted octanol–water partition coefficient (Wildman–Crippen LogP) is 5.57. The maximum absolute atomic E-state index is 11.8. The van der Waals surface area contributed by atoms with Crippen molar-refractivity contribution < 1.29 is 19.0 Å². The van der Waals surface area contributed by atoms with Crippen LogP contribution in [-0.4, -0.2) is 24.3 Å². The summed E-state index contributed by atoms with van der Waals surface area (Å²) in [6, 6.07) is 14.5. The zero-order valence-corrected chi connectivity index (χ0v) is 18.7. The number of hydrogen-bond donors (Lipinski definition) is 1. The average molecular weight is 412 g/mol. The van der Waals surface area contributed by atoms with E-state index in [1.165, 1.54) is 18.1 Å². The number of carbonyl (C=O) groups excluding carboxylic acids is 1. The van der Waals surface area contributed by atoms with Gasteiger partial charge >= 0.3 is 5.97 Å². The fourth-order valence-electron chi connectivity index (χ4n) is 3.67. The number of fused-ring (bicyclic) bond motifs is 1. The molecular weight excluding hydrogens is 378 g/mol. The highest BCUT2D eigenvalue weighted by molar-refractivity contribution is 5.66. The molecule has 30 heavy (non-hydrogen) atoms. The van der Waals surface area contributed by atoms with Crippen molar-refractivity contribution in [1.29, 1.82) is 0 Å². The Morgan fingerprint density at radius 2 is 1.90 bits per heavy atom. The molecule has 0 radical (unpaired) electrons. The Hall–Kier alpha value is -2.53. The molecule has 0 bridgehead atoms. The van der Waals surface area contributed by atoms with Crippen molar-refractivity contribution in [2.45, 2.75) is 71.8 Å². The van der Waals surface area contributed by atoms with Crippen LogP contribution in [0.2, 0.25) is 0 Å². The summed E-state index contributed by atoms with van der Waals surface area (Å²) in [5, 5.41) is 3.48. The highest BCUT2D eigenvalue weighted by Crippen LogP contribution is 2.44. The first-order valence-corrected chi connectivity index (χ1v) is 10.7. The lowest BCUT2D eigenvalue weighted by atomic mass is 9.87. The Kier molecular flexibility index (Phi) is 7.03. The van der Waals surface area contributed by atoms with Crippen molar-refractivity contribution >= 4 is 11.7 Å². The van der Waals surface area contributed by atoms with Crippen LogP contribution in [0.25, 0.3) is 0 Å². The van der Waals surface area contributed by atoms with Gasteiger partial charge in [-0.2, -0.15) is 0 Å². The normalized spacial score (nSPS) is 19.5. The fraction of sp³-hybridized carbons (Fsp3) is 0.480. The smallest absolute Gasteiger partial charge is 0.303 e. The molecule has 0 amide bonds. The van der Waals surface area contributed by atoms with Gasteiger partial charge in [-0.05, 0) is 51.0 Å². The van der Waals surface area contributed by atoms with Gasteiger partial charge in [-0.25, -0.2) is 0 Å². The molecule has 2 atom stereocenters. The molecule has 3 rings (SSSR count). The second-order valence-electron chi connectivity index (χ2n) is 8.47. The topological polar surface area (TPSA) is 56.8 Å². The minimum absolute atomic E-state index is 0.335. The molecule has 0 aromatic heterocycles. The quantitative estimate of drug-likeness (QED) is 0.455. The van der Waals surface area contributed by atoms with Gasteiger partial charge in [0.2, 0.25) is 0 Å². The van der Waals surface area contributed by atoms with Gasteiger partial charge in [0, 0.05) is 31.3 Å². The van der Waals surface area contributed by atoms with Gasteiger partial charge in [-0.15, -0.1) is 0 Å². The average Bonchev–Trinajstić information content (AvgIpc) is 2.69. The highest BCUT2D eigenvalue weighted by Gasteiger charge is 2.47. The number of esters is 1. The maximum atomic E-state index is 11.8. The number of rotatable bonds is 8. The number of ether oxygens (including phenoxy) is 3. The first-order chi connectivity index (χ1) is 14.3. The van der Waals surface area contributed by atoms with E-state index in [4.69, 9.17) is 14.2 Å². The van der Waals surface area contributed by atoms with E-state index in [-0.39, 0.29) is 12.1 Å². The summed E-state index contributed by atoms with van der Waals surface area (Å²) in [4.78, 5) is 11.8. The Morgan fingerprint density at radius 1 is 1.17 bits per heavy atom. The van der Waals surface area contributed by atoms with Gasteiger partial charge in [0.25, 0.3) is 0 Å². The van der Waals surface area contributed by atoms with Crippen LogP contribution in [0.3, 0.4) is 0 Å². The van der Waals surface area contributed by atoms with Crippen molar-refractivity contribution in [2.24, 2.45) is 0 Å². The van der Waals surface area contributed by atoms with E-state index in [2.05, 4.69) is 43.4 Å². The highest BCUT2D eigenvalue weighted by atomic mass is 16.6. The van der Waals surface area contributed by atoms with Gasteiger partial charge < -0.3 is 19.5 Å². The van der Waals surface area contributed by atoms with E-state index in [0.29, 0.717) is 6.61 Å². The summed E-state index contributed by atoms with van der Waals surface area (Å²) < 4.78 is 18.1. The van der Waals surface area contributed by atoms with Crippen molar-refractivity contribution in [3.63, 3.8) is 0 Å². The number of benzene rings is 2. The van der Waals surface area contributed by atoms with Crippen LogP contribution in [0, 0.1) is 6.92 Å². The third kappa shape index (κ3) is 5.33. The molecule has 0 aliphatic carbocycles. The van der Waals surface area contributed by atoms with E-state index in [1.54, 1.807) is 0 Å². The zero-order chi connectivity index (χ0) is 21.7. The molecule has 0 saturated heterocycles. The van der Waals surface area contributed by atoms with Gasteiger partial charge in [-0.1, -0.05) is 43.2 Å². The summed E-state index contributed by atoms with van der Waals surface area (Å²) in [7, 11) is 0. The summed E-state index contributed by atoms with van der Waals surface area (Å²) >= 11 is 0. The molecule has 0 fully saturated rings. The predicted molar refractivity (Wildman–Crippen MR) is 119 cm³/mol. The number of nitrogens with one attached hydrogen (secondary N) is 1. The Labute approximate surface area is 179 Å². The Morgan fingerprint density at radius 3 is 2.57 bits per heavy atom. The number of unbranched alkanes of at least 4 members (excludes halogenated alkanes) is 1. The molecule has 162 valence electrons. The van der Waals surface area contributed by atoms with Crippen LogP contribution in [0.15, 0.2) is 42.5 Å². The van der Waals surface area contributed by atoms with E-state index < -0.39 is 11.7 Å². The molecule has 2 aromatic rings. The third-order valence-corrected chi connectivity index (χ3v) is 5.35. The monoisotopic (exact) mass is 411 g/mol. The van der Waals surface area contributed by atoms with Crippen LogP contribution in [0.4, 0.5) is 5.69 Å². The molecule has 1 N–H and O–H groups in total. The molecule has 1 aliphatic rings. The van der Waals surface area contributed by atoms with E-state index in [0.717, 1.165) is 36.4 Å². The Balaban J connectivity index is 1.86. The molecule has 1 heterocycles. The fourth-order valence-corrected chi connectivity index (χ4v) is 3.67. The number of carbonyl (C=O) groups is 1. The molecule has 5 nitrogen and oxygen atoms in total. The second kappa shape index (κ2) is 9.52. The zero-order valence-electron chi connectivity index (χ0n) is 18.7. The van der Waals surface area contributed by atoms with Crippen molar-refractivity contribution in [3.8, 4) is 5.75 Å². The van der Waals surface area contributed by atoms with Gasteiger partial charge in [0.1, 0.15) is 17.5 Å². The number of anilines is 1. The van der Waals surface area contributed by atoms with Crippen LogP contribution < -0.4 is 10.1 Å². The van der Waals surface area contributed by atoms with Crippen LogP contribution in [0.1, 0.15) is 63.3 Å². The SMILES string of the molecule is CCCCOC1c2cc(NCc3ccc(C)cc3)ccc2OC(C)(C)C1OC(C)=O. The lowest BCUT2D eigenvalue weighted by Crippen LogP contribution is -2.51. The number of aryl methyl sites for hydroxylation is 1. The first kappa shape index (κ1) is 22.2. The lowest BCUT2D eigenvalue weighted by molar-refractivity contribution is -0.182. The standard InChI is InChI=1S/C25H33NO4/c1-6-7-14-28-23-21-15-20(26-16-19-10-8-17(2)9-11-19)12-13-22(21)30-25(4,5)24(23)29-18(3)27/h8-13,15,23-24,26H,6-7,14,16H2,1-5H3. The lowest BCUT2D eigenvalue weighted by Gasteiger charge is -2.43. The minimum atomic E-state index is -0.688. The molecule has 2 aromatic carbocycles. The van der Waals surface area contributed by atoms with Gasteiger partial charge in [-0.3, -0.25) is 4.79 Å². The van der Waals surface area contributed by atoms with Crippen molar-refractivity contribution in [1.82, 2.24) is 0 Å². The van der Waals surface area contributed by atoms with Crippen LogP contribution in [-0.2, 0) is 20.8 Å². The summed E-state index contributed by atoms with van der Waals surface area (Å²) in [5.41, 5.74) is 3.65. The van der Waals surface area contributed by atoms with Crippen LogP contribution >= 0.6 is 0 Å². The second-order valence-corrected chi connectivity index (χ2v) is 8.47. The first-order valence-electron chi connectivity index (χ1n) is 10.7. The largest absolute Gasteiger partial charge is 0.483 e. The molecule has 0 spiro atoms. The third-order valence-electron chi connectivity index (χ3n) is 5.35. The Bertz CT molecular complexity index is 860. The van der Waals surface area contributed by atoms with E-state index >= 15 is 0 Å². The summed E-state index contributed by atoms with van der Waals surface area (Å²) in [6.45, 7) is 10.8. The summed E-state index contributed by atoms with van der Waals surface area (Å²) in [6.07, 6.45) is 1.09.